The fourth-order valence-corrected chi connectivity index (χ4v) is 6.22. The van der Waals surface area contributed by atoms with Crippen LogP contribution in [0.4, 0.5) is 0 Å². The van der Waals surface area contributed by atoms with Crippen molar-refractivity contribution in [3.05, 3.63) is 28.9 Å². The van der Waals surface area contributed by atoms with Crippen molar-refractivity contribution in [2.75, 3.05) is 0 Å². The molecule has 23 heavy (non-hydrogen) atoms. The van der Waals surface area contributed by atoms with Gasteiger partial charge in [0.05, 0.1) is 17.2 Å². The summed E-state index contributed by atoms with van der Waals surface area (Å²) in [6.07, 6.45) is 10.4. The second kappa shape index (κ2) is 4.08. The Morgan fingerprint density at radius 1 is 1.09 bits per heavy atom. The molecule has 0 radical (unpaired) electrons. The van der Waals surface area contributed by atoms with Crippen LogP contribution in [0.5, 0.6) is 0 Å². The van der Waals surface area contributed by atoms with Crippen molar-refractivity contribution in [2.24, 2.45) is 23.7 Å². The molecule has 2 N–H and O–H groups in total. The topological polar surface area (TPSA) is 66.5 Å². The highest BCUT2D eigenvalue weighted by Gasteiger charge is 2.49. The van der Waals surface area contributed by atoms with Crippen LogP contribution in [0.2, 0.25) is 0 Å². The monoisotopic (exact) mass is 308 g/mol. The maximum Gasteiger partial charge on any atom is 0.326 e. The number of aromatic amines is 2. The summed E-state index contributed by atoms with van der Waals surface area (Å²) in [5, 5.41) is 1.06. The van der Waals surface area contributed by atoms with Gasteiger partial charge in [0.25, 0.3) is 0 Å². The van der Waals surface area contributed by atoms with Crippen LogP contribution >= 0.6 is 0 Å². The minimum Gasteiger partial charge on any atom is -0.346 e. The van der Waals surface area contributed by atoms with Gasteiger partial charge in [-0.15, -0.1) is 0 Å². The third-order valence-corrected chi connectivity index (χ3v) is 6.73. The van der Waals surface area contributed by atoms with Crippen LogP contribution in [0.15, 0.2) is 23.3 Å². The molecule has 4 aliphatic rings. The van der Waals surface area contributed by atoms with Crippen LogP contribution in [-0.4, -0.2) is 19.5 Å². The Balaban J connectivity index is 1.63. The zero-order valence-electron chi connectivity index (χ0n) is 13.0. The number of hydrogen-bond acceptors (Lipinski definition) is 2. The molecule has 4 saturated carbocycles. The molecular weight excluding hydrogens is 288 g/mol. The quantitative estimate of drug-likeness (QED) is 0.725. The molecule has 5 nitrogen and oxygen atoms in total. The normalized spacial score (nSPS) is 35.6. The minimum absolute atomic E-state index is 0.0490. The molecule has 3 heterocycles. The smallest absolute Gasteiger partial charge is 0.326 e. The molecule has 0 saturated heterocycles. The Hall–Kier alpha value is -2.04. The van der Waals surface area contributed by atoms with Gasteiger partial charge in [0, 0.05) is 17.6 Å². The Labute approximate surface area is 133 Å². The largest absolute Gasteiger partial charge is 0.346 e. The molecular formula is C18H20N4O. The lowest BCUT2D eigenvalue weighted by Gasteiger charge is -2.54. The number of fused-ring (bicyclic) bond motifs is 3. The molecule has 0 aromatic carbocycles. The van der Waals surface area contributed by atoms with Gasteiger partial charge < -0.3 is 9.97 Å². The molecule has 118 valence electrons. The van der Waals surface area contributed by atoms with E-state index in [0.29, 0.717) is 17.9 Å². The molecule has 0 aliphatic heterocycles. The lowest BCUT2D eigenvalue weighted by molar-refractivity contribution is -0.0287. The zero-order chi connectivity index (χ0) is 15.1. The molecule has 0 amide bonds. The van der Waals surface area contributed by atoms with E-state index in [4.69, 9.17) is 0 Å². The molecule has 7 rings (SSSR count). The van der Waals surface area contributed by atoms with Crippen molar-refractivity contribution in [1.29, 1.82) is 0 Å². The summed E-state index contributed by atoms with van der Waals surface area (Å²) in [6, 6.07) is 2.43. The highest BCUT2D eigenvalue weighted by Crippen LogP contribution is 2.58. The summed E-state index contributed by atoms with van der Waals surface area (Å²) >= 11 is 0. The Bertz CT molecular complexity index is 950. The summed E-state index contributed by atoms with van der Waals surface area (Å²) in [5.41, 5.74) is 2.84. The number of hydrogen-bond donors (Lipinski definition) is 2. The molecule has 0 unspecified atom stereocenters. The number of imidazole rings is 1. The van der Waals surface area contributed by atoms with Crippen molar-refractivity contribution >= 4 is 22.1 Å². The maximum absolute atomic E-state index is 12.8. The van der Waals surface area contributed by atoms with Gasteiger partial charge in [0.1, 0.15) is 5.65 Å². The minimum atomic E-state index is 0.0490. The average molecular weight is 308 g/mol. The molecule has 4 bridgehead atoms. The van der Waals surface area contributed by atoms with Gasteiger partial charge in [-0.2, -0.15) is 0 Å². The second-order valence-corrected chi connectivity index (χ2v) is 7.98. The third kappa shape index (κ3) is 1.53. The number of rotatable bonds is 1. The van der Waals surface area contributed by atoms with Crippen LogP contribution in [0.1, 0.15) is 38.1 Å². The van der Waals surface area contributed by atoms with Gasteiger partial charge in [0.15, 0.2) is 0 Å². The van der Waals surface area contributed by atoms with E-state index in [1.54, 1.807) is 6.20 Å². The number of aromatic nitrogens is 4. The first-order chi connectivity index (χ1) is 11.3. The van der Waals surface area contributed by atoms with Crippen molar-refractivity contribution < 1.29 is 0 Å². The highest BCUT2D eigenvalue weighted by molar-refractivity contribution is 6.00. The van der Waals surface area contributed by atoms with Crippen LogP contribution in [0, 0.1) is 23.7 Å². The predicted molar refractivity (Wildman–Crippen MR) is 88.3 cm³/mol. The van der Waals surface area contributed by atoms with Crippen LogP contribution in [0.3, 0.4) is 0 Å². The first-order valence-electron chi connectivity index (χ1n) is 8.84. The first kappa shape index (κ1) is 12.4. The van der Waals surface area contributed by atoms with Gasteiger partial charge in [-0.1, -0.05) is 0 Å². The summed E-state index contributed by atoms with van der Waals surface area (Å²) in [5.74, 6) is 3.21. The summed E-state index contributed by atoms with van der Waals surface area (Å²) < 4.78 is 2.10. The van der Waals surface area contributed by atoms with E-state index in [-0.39, 0.29) is 5.69 Å². The molecule has 0 atom stereocenters. The van der Waals surface area contributed by atoms with E-state index in [1.807, 2.05) is 12.3 Å². The highest BCUT2D eigenvalue weighted by atomic mass is 16.1. The first-order valence-corrected chi connectivity index (χ1v) is 8.84. The second-order valence-electron chi connectivity index (χ2n) is 7.98. The average Bonchev–Trinajstić information content (AvgIpc) is 3.10. The lowest BCUT2D eigenvalue weighted by Crippen LogP contribution is -2.47. The van der Waals surface area contributed by atoms with Crippen LogP contribution in [0.25, 0.3) is 22.1 Å². The maximum atomic E-state index is 12.8. The van der Waals surface area contributed by atoms with Crippen molar-refractivity contribution in [3.8, 4) is 0 Å². The van der Waals surface area contributed by atoms with E-state index >= 15 is 0 Å². The summed E-state index contributed by atoms with van der Waals surface area (Å²) in [4.78, 5) is 23.4. The van der Waals surface area contributed by atoms with Gasteiger partial charge in [0.2, 0.25) is 0 Å². The van der Waals surface area contributed by atoms with E-state index in [9.17, 15) is 4.79 Å². The predicted octanol–water partition coefficient (Wildman–Crippen LogP) is 3.20. The van der Waals surface area contributed by atoms with Gasteiger partial charge in [-0.3, -0.25) is 4.57 Å². The molecule has 3 aromatic rings. The van der Waals surface area contributed by atoms with Gasteiger partial charge in [-0.25, -0.2) is 9.78 Å². The van der Waals surface area contributed by atoms with Gasteiger partial charge >= 0.3 is 5.69 Å². The molecule has 5 heteroatoms. The Kier molecular flexibility index (Phi) is 2.20. The number of nitrogens with one attached hydrogen (secondary N) is 2. The standard InChI is InChI=1S/C18H20N4O/c23-18-21-14-8-20-17-13(1-2-19-17)16(14)22(18)15-11-4-9-3-10(6-11)7-12(15)5-9/h1-2,8-12,15H,3-7H2,(H,19,20)(H,21,23). The zero-order valence-corrected chi connectivity index (χ0v) is 13.0. The van der Waals surface area contributed by atoms with Crippen molar-refractivity contribution in [3.63, 3.8) is 0 Å². The SMILES string of the molecule is O=c1[nH]c2cnc3[nH]ccc3c2n1C1C2CC3CC(C2)CC1C3. The van der Waals surface area contributed by atoms with E-state index < -0.39 is 0 Å². The fraction of sp³-hybridized carbons (Fsp3) is 0.556. The third-order valence-electron chi connectivity index (χ3n) is 6.73. The number of nitrogens with zero attached hydrogens (tertiary/aromatic N) is 2. The Morgan fingerprint density at radius 2 is 1.83 bits per heavy atom. The van der Waals surface area contributed by atoms with Crippen molar-refractivity contribution in [1.82, 2.24) is 19.5 Å². The lowest BCUT2D eigenvalue weighted by atomic mass is 9.54. The molecule has 4 aliphatic carbocycles. The van der Waals surface area contributed by atoms with Crippen LogP contribution in [-0.2, 0) is 0 Å². The van der Waals surface area contributed by atoms with Crippen LogP contribution < -0.4 is 5.69 Å². The van der Waals surface area contributed by atoms with E-state index in [2.05, 4.69) is 19.5 Å². The fourth-order valence-electron chi connectivity index (χ4n) is 6.22. The molecule has 4 fully saturated rings. The number of H-pyrrole nitrogens is 2. The summed E-state index contributed by atoms with van der Waals surface area (Å²) in [6.45, 7) is 0. The molecule has 0 spiro atoms. The van der Waals surface area contributed by atoms with E-state index in [0.717, 1.165) is 33.9 Å². The van der Waals surface area contributed by atoms with E-state index in [1.165, 1.54) is 32.1 Å². The van der Waals surface area contributed by atoms with Gasteiger partial charge in [-0.05, 0) is 61.8 Å². The van der Waals surface area contributed by atoms with Crippen molar-refractivity contribution in [2.45, 2.75) is 38.1 Å². The molecule has 3 aromatic heterocycles. The summed E-state index contributed by atoms with van der Waals surface area (Å²) in [7, 11) is 0. The number of pyridine rings is 1. The Morgan fingerprint density at radius 3 is 2.57 bits per heavy atom.